The van der Waals surface area contributed by atoms with E-state index < -0.39 is 0 Å². The molecular weight excluding hydrogens is 272 g/mol. The number of hydrogen-bond donors (Lipinski definition) is 2. The van der Waals surface area contributed by atoms with Crippen molar-refractivity contribution in [2.75, 3.05) is 20.3 Å². The second-order valence-electron chi connectivity index (χ2n) is 4.64. The normalized spacial score (nSPS) is 10.2. The van der Waals surface area contributed by atoms with Gasteiger partial charge in [0, 0.05) is 25.8 Å². The Hall–Kier alpha value is -1.46. The van der Waals surface area contributed by atoms with E-state index in [2.05, 4.69) is 5.32 Å². The summed E-state index contributed by atoms with van der Waals surface area (Å²) < 4.78 is 4.97. The molecule has 0 saturated carbocycles. The minimum atomic E-state index is 0.0415. The molecule has 20 heavy (non-hydrogen) atoms. The van der Waals surface area contributed by atoms with Gasteiger partial charge in [0.05, 0.1) is 6.42 Å². The lowest BCUT2D eigenvalue weighted by atomic mass is 10.1. The molecular formula is C15H22N2O2S. The number of carbonyl (C=O) groups is 1. The van der Waals surface area contributed by atoms with Crippen LogP contribution in [0.1, 0.15) is 30.4 Å². The van der Waals surface area contributed by atoms with Gasteiger partial charge >= 0.3 is 0 Å². The van der Waals surface area contributed by atoms with E-state index in [1.807, 2.05) is 24.3 Å². The predicted octanol–water partition coefficient (Wildman–Crippen LogP) is 1.80. The smallest absolute Gasteiger partial charge is 0.224 e. The Kier molecular flexibility index (Phi) is 7.84. The third-order valence-corrected chi connectivity index (χ3v) is 3.19. The van der Waals surface area contributed by atoms with Gasteiger partial charge in [0.25, 0.3) is 0 Å². The molecule has 0 unspecified atom stereocenters. The Labute approximate surface area is 125 Å². The minimum absolute atomic E-state index is 0.0415. The molecule has 1 rings (SSSR count). The molecule has 0 aliphatic heterocycles. The number of hydrogen-bond acceptors (Lipinski definition) is 3. The summed E-state index contributed by atoms with van der Waals surface area (Å²) >= 11 is 4.88. The van der Waals surface area contributed by atoms with Crippen LogP contribution in [-0.2, 0) is 16.0 Å². The summed E-state index contributed by atoms with van der Waals surface area (Å²) in [5, 5.41) is 2.92. The van der Waals surface area contributed by atoms with Gasteiger partial charge in [-0.2, -0.15) is 0 Å². The largest absolute Gasteiger partial charge is 0.389 e. The first-order chi connectivity index (χ1) is 9.63. The highest BCUT2D eigenvalue weighted by Crippen LogP contribution is 2.05. The minimum Gasteiger partial charge on any atom is -0.389 e. The lowest BCUT2D eigenvalue weighted by Gasteiger charge is -2.06. The number of thiocarbonyl (C=S) groups is 1. The van der Waals surface area contributed by atoms with E-state index in [9.17, 15) is 4.79 Å². The third kappa shape index (κ3) is 6.63. The Morgan fingerprint density at radius 1 is 1.25 bits per heavy atom. The van der Waals surface area contributed by atoms with Crippen LogP contribution in [0.2, 0.25) is 0 Å². The number of unbranched alkanes of at least 4 members (excludes halogenated alkanes) is 2. The van der Waals surface area contributed by atoms with Crippen LogP contribution in [-0.4, -0.2) is 31.2 Å². The SMILES string of the molecule is COCCCCCNC(=O)Cc1ccc(C(N)=S)cc1. The van der Waals surface area contributed by atoms with Crippen LogP contribution in [0.25, 0.3) is 0 Å². The van der Waals surface area contributed by atoms with Crippen LogP contribution in [0.5, 0.6) is 0 Å². The predicted molar refractivity (Wildman–Crippen MR) is 84.8 cm³/mol. The number of rotatable bonds is 9. The van der Waals surface area contributed by atoms with E-state index in [4.69, 9.17) is 22.7 Å². The van der Waals surface area contributed by atoms with E-state index in [0.29, 0.717) is 18.0 Å². The van der Waals surface area contributed by atoms with Gasteiger partial charge in [0.2, 0.25) is 5.91 Å². The molecule has 0 radical (unpaired) electrons. The number of nitrogens with two attached hydrogens (primary N) is 1. The molecule has 0 aliphatic carbocycles. The van der Waals surface area contributed by atoms with Crippen LogP contribution in [0.15, 0.2) is 24.3 Å². The summed E-state index contributed by atoms with van der Waals surface area (Å²) in [6.45, 7) is 1.50. The lowest BCUT2D eigenvalue weighted by molar-refractivity contribution is -0.120. The fraction of sp³-hybridized carbons (Fsp3) is 0.467. The second kappa shape index (κ2) is 9.44. The van der Waals surface area contributed by atoms with Gasteiger partial charge in [-0.05, 0) is 24.8 Å². The van der Waals surface area contributed by atoms with Crippen molar-refractivity contribution < 1.29 is 9.53 Å². The van der Waals surface area contributed by atoms with Crippen LogP contribution in [0, 0.1) is 0 Å². The number of ether oxygens (including phenoxy) is 1. The topological polar surface area (TPSA) is 64.3 Å². The fourth-order valence-corrected chi connectivity index (χ4v) is 1.95. The van der Waals surface area contributed by atoms with Crippen LogP contribution < -0.4 is 11.1 Å². The van der Waals surface area contributed by atoms with Crippen LogP contribution >= 0.6 is 12.2 Å². The molecule has 1 aromatic carbocycles. The molecule has 3 N–H and O–H groups in total. The summed E-state index contributed by atoms with van der Waals surface area (Å²) in [5.74, 6) is 0.0415. The fourth-order valence-electron chi connectivity index (χ4n) is 1.81. The molecule has 0 saturated heterocycles. The average Bonchev–Trinajstić information content (AvgIpc) is 2.43. The van der Waals surface area contributed by atoms with Crippen molar-refractivity contribution in [2.24, 2.45) is 5.73 Å². The third-order valence-electron chi connectivity index (χ3n) is 2.95. The summed E-state index contributed by atoms with van der Waals surface area (Å²) in [7, 11) is 1.70. The molecule has 0 heterocycles. The van der Waals surface area contributed by atoms with E-state index in [-0.39, 0.29) is 5.91 Å². The zero-order valence-corrected chi connectivity index (χ0v) is 12.7. The first-order valence-electron chi connectivity index (χ1n) is 6.78. The summed E-state index contributed by atoms with van der Waals surface area (Å²) in [5.41, 5.74) is 7.31. The molecule has 0 spiro atoms. The number of methoxy groups -OCH3 is 1. The molecule has 4 nitrogen and oxygen atoms in total. The summed E-state index contributed by atoms with van der Waals surface area (Å²) in [6, 6.07) is 7.45. The average molecular weight is 294 g/mol. The van der Waals surface area contributed by atoms with E-state index in [1.54, 1.807) is 7.11 Å². The molecule has 5 heteroatoms. The van der Waals surface area contributed by atoms with Gasteiger partial charge in [-0.25, -0.2) is 0 Å². The van der Waals surface area contributed by atoms with Gasteiger partial charge in [-0.15, -0.1) is 0 Å². The van der Waals surface area contributed by atoms with Crippen molar-refractivity contribution in [3.05, 3.63) is 35.4 Å². The van der Waals surface area contributed by atoms with Crippen molar-refractivity contribution in [3.8, 4) is 0 Å². The molecule has 1 amide bonds. The van der Waals surface area contributed by atoms with Crippen molar-refractivity contribution in [1.29, 1.82) is 0 Å². The zero-order chi connectivity index (χ0) is 14.8. The quantitative estimate of drug-likeness (QED) is 0.538. The highest BCUT2D eigenvalue weighted by Gasteiger charge is 2.03. The van der Waals surface area contributed by atoms with Crippen molar-refractivity contribution in [3.63, 3.8) is 0 Å². The van der Waals surface area contributed by atoms with Gasteiger partial charge in [-0.3, -0.25) is 4.79 Å². The Bertz CT molecular complexity index is 432. The van der Waals surface area contributed by atoms with Crippen LogP contribution in [0.4, 0.5) is 0 Å². The number of amides is 1. The lowest BCUT2D eigenvalue weighted by Crippen LogP contribution is -2.26. The second-order valence-corrected chi connectivity index (χ2v) is 5.08. The number of nitrogens with one attached hydrogen (secondary N) is 1. The highest BCUT2D eigenvalue weighted by molar-refractivity contribution is 7.80. The number of carbonyl (C=O) groups excluding carboxylic acids is 1. The molecule has 0 aromatic heterocycles. The zero-order valence-electron chi connectivity index (χ0n) is 11.9. The van der Waals surface area contributed by atoms with Crippen LogP contribution in [0.3, 0.4) is 0 Å². The Morgan fingerprint density at radius 2 is 1.95 bits per heavy atom. The first-order valence-corrected chi connectivity index (χ1v) is 7.18. The van der Waals surface area contributed by atoms with Crippen molar-refractivity contribution in [1.82, 2.24) is 5.32 Å². The maximum atomic E-state index is 11.7. The molecule has 1 aromatic rings. The Morgan fingerprint density at radius 3 is 2.55 bits per heavy atom. The van der Waals surface area contributed by atoms with E-state index >= 15 is 0 Å². The first kappa shape index (κ1) is 16.6. The highest BCUT2D eigenvalue weighted by atomic mass is 32.1. The van der Waals surface area contributed by atoms with Gasteiger partial charge in [-0.1, -0.05) is 36.5 Å². The molecule has 0 fully saturated rings. The summed E-state index contributed by atoms with van der Waals surface area (Å²) in [6.07, 6.45) is 3.47. The van der Waals surface area contributed by atoms with Gasteiger partial charge in [0.1, 0.15) is 4.99 Å². The molecule has 110 valence electrons. The van der Waals surface area contributed by atoms with Crippen molar-refractivity contribution >= 4 is 23.1 Å². The maximum absolute atomic E-state index is 11.7. The standard InChI is InChI=1S/C15H22N2O2S/c1-19-10-4-2-3-9-17-14(18)11-12-5-7-13(8-6-12)15(16)20/h5-8H,2-4,9-11H2,1H3,(H2,16,20)(H,17,18). The Balaban J connectivity index is 2.23. The summed E-state index contributed by atoms with van der Waals surface area (Å²) in [4.78, 5) is 12.1. The van der Waals surface area contributed by atoms with Gasteiger partial charge in [0.15, 0.2) is 0 Å². The van der Waals surface area contributed by atoms with Crippen molar-refractivity contribution in [2.45, 2.75) is 25.7 Å². The molecule has 0 bridgehead atoms. The molecule has 0 atom stereocenters. The van der Waals surface area contributed by atoms with E-state index in [1.165, 1.54) is 0 Å². The van der Waals surface area contributed by atoms with E-state index in [0.717, 1.165) is 37.0 Å². The number of benzene rings is 1. The maximum Gasteiger partial charge on any atom is 0.224 e. The molecule has 0 aliphatic rings. The monoisotopic (exact) mass is 294 g/mol. The van der Waals surface area contributed by atoms with Gasteiger partial charge < -0.3 is 15.8 Å².